The Morgan fingerprint density at radius 1 is 1.15 bits per heavy atom. The zero-order valence-corrected chi connectivity index (χ0v) is 20.3. The molecule has 0 saturated heterocycles. The van der Waals surface area contributed by atoms with Crippen molar-refractivity contribution in [3.63, 3.8) is 0 Å². The fourth-order valence-electron chi connectivity index (χ4n) is 3.54. The molecule has 0 aromatic heterocycles. The van der Waals surface area contributed by atoms with E-state index in [9.17, 15) is 18.0 Å². The molecule has 1 unspecified atom stereocenters. The Morgan fingerprint density at radius 3 is 2.52 bits per heavy atom. The number of nitrogens with zero attached hydrogens (tertiary/aromatic N) is 1. The van der Waals surface area contributed by atoms with Crippen LogP contribution in [0.1, 0.15) is 31.2 Å². The summed E-state index contributed by atoms with van der Waals surface area (Å²) in [6.07, 6.45) is 6.59. The van der Waals surface area contributed by atoms with Gasteiger partial charge < -0.3 is 4.74 Å². The SMILES string of the molecule is COC(=O)/C=C/CCCC1CC(Sc2ccccc2)=CC(=O)N1S(=O)(=O)c1ccc(C)cc1. The third-order valence-electron chi connectivity index (χ3n) is 5.20. The molecule has 33 heavy (non-hydrogen) atoms. The van der Waals surface area contributed by atoms with Crippen LogP contribution in [0, 0.1) is 6.92 Å². The van der Waals surface area contributed by atoms with Crippen LogP contribution in [0.15, 0.2) is 87.5 Å². The van der Waals surface area contributed by atoms with E-state index >= 15 is 0 Å². The molecule has 0 aliphatic carbocycles. The van der Waals surface area contributed by atoms with Gasteiger partial charge in [0, 0.05) is 23.5 Å². The van der Waals surface area contributed by atoms with Crippen molar-refractivity contribution in [3.05, 3.63) is 83.3 Å². The van der Waals surface area contributed by atoms with Gasteiger partial charge in [-0.15, -0.1) is 0 Å². The number of ether oxygens (including phenoxy) is 1. The number of hydrogen-bond donors (Lipinski definition) is 0. The van der Waals surface area contributed by atoms with E-state index in [1.54, 1.807) is 18.2 Å². The minimum Gasteiger partial charge on any atom is -0.466 e. The Balaban J connectivity index is 1.84. The van der Waals surface area contributed by atoms with Crippen LogP contribution in [0.5, 0.6) is 0 Å². The van der Waals surface area contributed by atoms with Gasteiger partial charge in [0.25, 0.3) is 15.9 Å². The molecule has 2 aromatic rings. The van der Waals surface area contributed by atoms with Crippen molar-refractivity contribution < 1.29 is 22.7 Å². The van der Waals surface area contributed by atoms with E-state index in [2.05, 4.69) is 4.74 Å². The third kappa shape index (κ3) is 6.58. The number of sulfonamides is 1. The quantitative estimate of drug-likeness (QED) is 0.287. The summed E-state index contributed by atoms with van der Waals surface area (Å²) in [6, 6.07) is 15.7. The lowest BCUT2D eigenvalue weighted by Gasteiger charge is -2.34. The first-order valence-electron chi connectivity index (χ1n) is 10.6. The Hall–Kier alpha value is -2.84. The van der Waals surface area contributed by atoms with Gasteiger partial charge in [-0.05, 0) is 55.4 Å². The zero-order chi connectivity index (χ0) is 23.8. The van der Waals surface area contributed by atoms with Crippen LogP contribution in [0.4, 0.5) is 0 Å². The molecule has 1 amide bonds. The van der Waals surface area contributed by atoms with Gasteiger partial charge in [-0.1, -0.05) is 53.7 Å². The van der Waals surface area contributed by atoms with Gasteiger partial charge in [0.1, 0.15) is 0 Å². The molecule has 1 atom stereocenters. The molecule has 1 aliphatic heterocycles. The number of thioether (sulfide) groups is 1. The van der Waals surface area contributed by atoms with Crippen molar-refractivity contribution >= 4 is 33.7 Å². The Kier molecular flexibility index (Phi) is 8.52. The number of amides is 1. The summed E-state index contributed by atoms with van der Waals surface area (Å²) in [6.45, 7) is 1.88. The highest BCUT2D eigenvalue weighted by Gasteiger charge is 2.38. The molecule has 3 rings (SSSR count). The monoisotopic (exact) mass is 485 g/mol. The van der Waals surface area contributed by atoms with E-state index < -0.39 is 27.9 Å². The number of benzene rings is 2. The Bertz CT molecular complexity index is 1140. The third-order valence-corrected chi connectivity index (χ3v) is 8.12. The van der Waals surface area contributed by atoms with Gasteiger partial charge in [0.15, 0.2) is 0 Å². The first-order chi connectivity index (χ1) is 15.8. The summed E-state index contributed by atoms with van der Waals surface area (Å²) in [4.78, 5) is 26.3. The van der Waals surface area contributed by atoms with Gasteiger partial charge in [-0.3, -0.25) is 4.79 Å². The summed E-state index contributed by atoms with van der Waals surface area (Å²) in [7, 11) is -2.68. The maximum Gasteiger partial charge on any atom is 0.330 e. The predicted octanol–water partition coefficient (Wildman–Crippen LogP) is 4.86. The molecule has 0 saturated carbocycles. The molecule has 0 spiro atoms. The fourth-order valence-corrected chi connectivity index (χ4v) is 6.14. The Morgan fingerprint density at radius 2 is 1.85 bits per heavy atom. The normalized spacial score (nSPS) is 16.7. The number of hydrogen-bond acceptors (Lipinski definition) is 6. The molecule has 2 aromatic carbocycles. The minimum atomic E-state index is -4.00. The smallest absolute Gasteiger partial charge is 0.330 e. The van der Waals surface area contributed by atoms with Gasteiger partial charge >= 0.3 is 5.97 Å². The molecule has 8 heteroatoms. The second kappa shape index (κ2) is 11.3. The van der Waals surface area contributed by atoms with E-state index in [0.717, 1.165) is 19.7 Å². The molecular formula is C25H27NO5S2. The van der Waals surface area contributed by atoms with E-state index in [4.69, 9.17) is 0 Å². The number of methoxy groups -OCH3 is 1. The molecule has 1 aliphatic rings. The van der Waals surface area contributed by atoms with Crippen LogP contribution >= 0.6 is 11.8 Å². The minimum absolute atomic E-state index is 0.101. The van der Waals surface area contributed by atoms with Crippen molar-refractivity contribution in [2.45, 2.75) is 48.4 Å². The van der Waals surface area contributed by atoms with Crippen LogP contribution in [-0.2, 0) is 24.3 Å². The second-order valence-electron chi connectivity index (χ2n) is 7.69. The fraction of sp³-hybridized carbons (Fsp3) is 0.280. The maximum atomic E-state index is 13.4. The lowest BCUT2D eigenvalue weighted by Crippen LogP contribution is -2.46. The van der Waals surface area contributed by atoms with Crippen molar-refractivity contribution in [3.8, 4) is 0 Å². The number of aryl methyl sites for hydroxylation is 1. The number of rotatable bonds is 9. The summed E-state index contributed by atoms with van der Waals surface area (Å²) in [5.74, 6) is -0.966. The lowest BCUT2D eigenvalue weighted by atomic mass is 10.0. The van der Waals surface area contributed by atoms with Gasteiger partial charge in [-0.25, -0.2) is 17.5 Å². The number of carbonyl (C=O) groups excluding carboxylic acids is 2. The van der Waals surface area contributed by atoms with Crippen LogP contribution in [0.25, 0.3) is 0 Å². The number of esters is 1. The molecule has 1 heterocycles. The average Bonchev–Trinajstić information content (AvgIpc) is 2.79. The summed E-state index contributed by atoms with van der Waals surface area (Å²) in [5.41, 5.74) is 0.939. The summed E-state index contributed by atoms with van der Waals surface area (Å²) in [5, 5.41) is 0. The van der Waals surface area contributed by atoms with Gasteiger partial charge in [0.05, 0.1) is 18.0 Å². The van der Waals surface area contributed by atoms with E-state index in [1.165, 1.54) is 43.2 Å². The first-order valence-corrected chi connectivity index (χ1v) is 12.9. The summed E-state index contributed by atoms with van der Waals surface area (Å²) >= 11 is 1.48. The highest BCUT2D eigenvalue weighted by molar-refractivity contribution is 8.03. The molecule has 0 radical (unpaired) electrons. The van der Waals surface area contributed by atoms with Crippen molar-refractivity contribution in [1.82, 2.24) is 4.31 Å². The Labute approximate surface area is 199 Å². The predicted molar refractivity (Wildman–Crippen MR) is 129 cm³/mol. The van der Waals surface area contributed by atoms with Crippen LogP contribution < -0.4 is 0 Å². The van der Waals surface area contributed by atoms with E-state index in [1.807, 2.05) is 37.3 Å². The molecule has 0 fully saturated rings. The topological polar surface area (TPSA) is 80.8 Å². The second-order valence-corrected chi connectivity index (χ2v) is 10.7. The highest BCUT2D eigenvalue weighted by Crippen LogP contribution is 2.37. The largest absolute Gasteiger partial charge is 0.466 e. The van der Waals surface area contributed by atoms with E-state index in [-0.39, 0.29) is 4.90 Å². The van der Waals surface area contributed by atoms with Crippen LogP contribution in [-0.4, -0.2) is 37.8 Å². The van der Waals surface area contributed by atoms with Gasteiger partial charge in [-0.2, -0.15) is 0 Å². The summed E-state index contributed by atoms with van der Waals surface area (Å²) < 4.78 is 32.4. The first kappa shape index (κ1) is 24.8. The number of allylic oxidation sites excluding steroid dienone is 1. The molecule has 0 bridgehead atoms. The van der Waals surface area contributed by atoms with Crippen LogP contribution in [0.3, 0.4) is 0 Å². The number of carbonyl (C=O) groups is 2. The highest BCUT2D eigenvalue weighted by atomic mass is 32.2. The average molecular weight is 486 g/mol. The zero-order valence-electron chi connectivity index (χ0n) is 18.6. The standard InChI is InChI=1S/C25H27NO5S2/c1-19-13-15-23(16-14-19)33(29,30)26-20(9-5-3-8-12-25(28)31-2)17-22(18-24(26)27)32-21-10-6-4-7-11-21/h4,6-8,10-16,18,20H,3,5,9,17H2,1-2H3/b12-8+. The van der Waals surface area contributed by atoms with E-state index in [0.29, 0.717) is 25.7 Å². The molecule has 174 valence electrons. The van der Waals surface area contributed by atoms with Crippen molar-refractivity contribution in [2.75, 3.05) is 7.11 Å². The van der Waals surface area contributed by atoms with Crippen molar-refractivity contribution in [1.29, 1.82) is 0 Å². The number of unbranched alkanes of at least 4 members (excludes halogenated alkanes) is 1. The van der Waals surface area contributed by atoms with Crippen LogP contribution in [0.2, 0.25) is 0 Å². The van der Waals surface area contributed by atoms with Gasteiger partial charge in [0.2, 0.25) is 0 Å². The molecular weight excluding hydrogens is 458 g/mol. The van der Waals surface area contributed by atoms with Crippen molar-refractivity contribution in [2.24, 2.45) is 0 Å². The lowest BCUT2D eigenvalue weighted by molar-refractivity contribution is -0.134. The molecule has 0 N–H and O–H groups in total. The maximum absolute atomic E-state index is 13.4. The molecule has 6 nitrogen and oxygen atoms in total.